The zero-order chi connectivity index (χ0) is 14.6. The van der Waals surface area contributed by atoms with E-state index < -0.39 is 0 Å². The molecule has 1 aliphatic carbocycles. The van der Waals surface area contributed by atoms with Crippen LogP contribution >= 0.6 is 11.6 Å². The van der Waals surface area contributed by atoms with E-state index in [4.69, 9.17) is 16.3 Å². The van der Waals surface area contributed by atoms with Crippen molar-refractivity contribution in [3.05, 3.63) is 28.8 Å². The van der Waals surface area contributed by atoms with Crippen LogP contribution in [0.2, 0.25) is 5.02 Å². The summed E-state index contributed by atoms with van der Waals surface area (Å²) >= 11 is 6.31. The van der Waals surface area contributed by atoms with Crippen molar-refractivity contribution in [1.29, 1.82) is 0 Å². The second kappa shape index (κ2) is 6.82. The number of methoxy groups -OCH3 is 1. The monoisotopic (exact) mass is 295 g/mol. The lowest BCUT2D eigenvalue weighted by Gasteiger charge is -2.35. The highest BCUT2D eigenvalue weighted by molar-refractivity contribution is 6.32. The Morgan fingerprint density at radius 2 is 2.05 bits per heavy atom. The van der Waals surface area contributed by atoms with Gasteiger partial charge in [0.2, 0.25) is 0 Å². The Labute approximate surface area is 127 Å². The van der Waals surface area contributed by atoms with Gasteiger partial charge < -0.3 is 10.1 Å². The first-order chi connectivity index (χ1) is 9.60. The highest BCUT2D eigenvalue weighted by Crippen LogP contribution is 2.47. The second-order valence-corrected chi connectivity index (χ2v) is 6.55. The second-order valence-electron chi connectivity index (χ2n) is 6.14. The Kier molecular flexibility index (Phi) is 5.34. The molecule has 1 N–H and O–H groups in total. The molecule has 1 unspecified atom stereocenters. The number of rotatable bonds is 6. The molecule has 1 aliphatic rings. The van der Waals surface area contributed by atoms with Gasteiger partial charge in [0.15, 0.2) is 0 Å². The molecule has 112 valence electrons. The molecule has 1 aromatic carbocycles. The summed E-state index contributed by atoms with van der Waals surface area (Å²) in [5, 5.41) is 4.44. The van der Waals surface area contributed by atoms with Crippen molar-refractivity contribution in [2.45, 2.75) is 52.0 Å². The minimum Gasteiger partial charge on any atom is -0.495 e. The molecule has 1 saturated carbocycles. The fourth-order valence-corrected chi connectivity index (χ4v) is 3.65. The molecule has 0 spiro atoms. The van der Waals surface area contributed by atoms with Gasteiger partial charge in [-0.1, -0.05) is 44.4 Å². The normalized spacial score (nSPS) is 19.0. The summed E-state index contributed by atoms with van der Waals surface area (Å²) in [6.45, 7) is 5.66. The van der Waals surface area contributed by atoms with E-state index in [0.29, 0.717) is 16.5 Å². The van der Waals surface area contributed by atoms with Crippen LogP contribution in [0.4, 0.5) is 0 Å². The lowest BCUT2D eigenvalue weighted by atomic mass is 9.77. The maximum Gasteiger partial charge on any atom is 0.137 e. The summed E-state index contributed by atoms with van der Waals surface area (Å²) in [5.41, 5.74) is 1.63. The fraction of sp³-hybridized carbons (Fsp3) is 0.647. The molecule has 0 radical (unpaired) electrons. The number of halogens is 1. The van der Waals surface area contributed by atoms with Crippen molar-refractivity contribution < 1.29 is 4.74 Å². The molecule has 2 rings (SSSR count). The highest BCUT2D eigenvalue weighted by Gasteiger charge is 2.37. The van der Waals surface area contributed by atoms with E-state index in [1.807, 2.05) is 6.07 Å². The smallest absolute Gasteiger partial charge is 0.137 e. The summed E-state index contributed by atoms with van der Waals surface area (Å²) in [7, 11) is 1.66. The van der Waals surface area contributed by atoms with Crippen LogP contribution in [0.5, 0.6) is 5.75 Å². The largest absolute Gasteiger partial charge is 0.495 e. The maximum atomic E-state index is 6.31. The maximum absolute atomic E-state index is 6.31. The first kappa shape index (κ1) is 15.7. The summed E-state index contributed by atoms with van der Waals surface area (Å²) in [4.78, 5) is 0. The standard InChI is InChI=1S/C17H26ClNO/c1-4-11-19-16(17(2)9-5-6-10-17)13-7-8-15(20-3)14(18)12-13/h7-8,12,16,19H,4-6,9-11H2,1-3H3. The summed E-state index contributed by atoms with van der Waals surface area (Å²) < 4.78 is 5.26. The zero-order valence-corrected chi connectivity index (χ0v) is 13.6. The third-order valence-electron chi connectivity index (χ3n) is 4.55. The number of hydrogen-bond acceptors (Lipinski definition) is 2. The topological polar surface area (TPSA) is 21.3 Å². The molecule has 3 heteroatoms. The summed E-state index contributed by atoms with van der Waals surface area (Å²) in [6, 6.07) is 6.59. The molecule has 2 nitrogen and oxygen atoms in total. The van der Waals surface area contributed by atoms with Crippen molar-refractivity contribution >= 4 is 11.6 Å². The van der Waals surface area contributed by atoms with Crippen LogP contribution in [0.25, 0.3) is 0 Å². The van der Waals surface area contributed by atoms with E-state index in [-0.39, 0.29) is 0 Å². The van der Waals surface area contributed by atoms with Crippen LogP contribution < -0.4 is 10.1 Å². The van der Waals surface area contributed by atoms with E-state index in [0.717, 1.165) is 18.7 Å². The Morgan fingerprint density at radius 3 is 2.60 bits per heavy atom. The van der Waals surface area contributed by atoms with E-state index >= 15 is 0 Å². The zero-order valence-electron chi connectivity index (χ0n) is 12.8. The van der Waals surface area contributed by atoms with Crippen LogP contribution in [0.15, 0.2) is 18.2 Å². The molecule has 1 fully saturated rings. The summed E-state index contributed by atoms with van der Waals surface area (Å²) in [5.74, 6) is 0.751. The fourth-order valence-electron chi connectivity index (χ4n) is 3.39. The first-order valence-corrected chi connectivity index (χ1v) is 8.05. The molecule has 0 saturated heterocycles. The lowest BCUT2D eigenvalue weighted by molar-refractivity contribution is 0.223. The van der Waals surface area contributed by atoms with E-state index in [1.54, 1.807) is 7.11 Å². The van der Waals surface area contributed by atoms with Gasteiger partial charge in [0.1, 0.15) is 5.75 Å². The van der Waals surface area contributed by atoms with Gasteiger partial charge in [-0.3, -0.25) is 0 Å². The molecule has 0 heterocycles. The third kappa shape index (κ3) is 3.29. The van der Waals surface area contributed by atoms with Crippen LogP contribution in [0, 0.1) is 5.41 Å². The molecular weight excluding hydrogens is 270 g/mol. The van der Waals surface area contributed by atoms with Gasteiger partial charge in [0.25, 0.3) is 0 Å². The molecular formula is C17H26ClNO. The average Bonchev–Trinajstić information content (AvgIpc) is 2.87. The Morgan fingerprint density at radius 1 is 1.35 bits per heavy atom. The predicted octanol–water partition coefficient (Wildman–Crippen LogP) is 4.97. The van der Waals surface area contributed by atoms with Crippen molar-refractivity contribution in [2.75, 3.05) is 13.7 Å². The van der Waals surface area contributed by atoms with Gasteiger partial charge in [-0.15, -0.1) is 0 Å². The van der Waals surface area contributed by atoms with Gasteiger partial charge in [-0.2, -0.15) is 0 Å². The number of benzene rings is 1. The van der Waals surface area contributed by atoms with E-state index in [2.05, 4.69) is 31.3 Å². The molecule has 0 bridgehead atoms. The van der Waals surface area contributed by atoms with Gasteiger partial charge in [-0.05, 0) is 48.9 Å². The Balaban J connectivity index is 2.28. The number of nitrogens with one attached hydrogen (secondary N) is 1. The molecule has 1 atom stereocenters. The summed E-state index contributed by atoms with van der Waals surface area (Å²) in [6.07, 6.45) is 6.40. The minimum atomic E-state index is 0.340. The van der Waals surface area contributed by atoms with Crippen molar-refractivity contribution in [2.24, 2.45) is 5.41 Å². The third-order valence-corrected chi connectivity index (χ3v) is 4.85. The SMILES string of the molecule is CCCNC(c1ccc(OC)c(Cl)c1)C1(C)CCCC1. The van der Waals surface area contributed by atoms with Crippen molar-refractivity contribution in [1.82, 2.24) is 5.32 Å². The molecule has 0 aliphatic heterocycles. The Hall–Kier alpha value is -0.730. The molecule has 1 aromatic rings. The average molecular weight is 296 g/mol. The minimum absolute atomic E-state index is 0.340. The quantitative estimate of drug-likeness (QED) is 0.800. The van der Waals surface area contributed by atoms with Gasteiger partial charge in [0, 0.05) is 6.04 Å². The molecule has 0 aromatic heterocycles. The predicted molar refractivity (Wildman–Crippen MR) is 85.6 cm³/mol. The van der Waals surface area contributed by atoms with Gasteiger partial charge in [-0.25, -0.2) is 0 Å². The van der Waals surface area contributed by atoms with Crippen molar-refractivity contribution in [3.63, 3.8) is 0 Å². The number of hydrogen-bond donors (Lipinski definition) is 1. The van der Waals surface area contributed by atoms with E-state index in [9.17, 15) is 0 Å². The first-order valence-electron chi connectivity index (χ1n) is 7.67. The van der Waals surface area contributed by atoms with Crippen LogP contribution in [0.3, 0.4) is 0 Å². The van der Waals surface area contributed by atoms with Crippen LogP contribution in [-0.2, 0) is 0 Å². The van der Waals surface area contributed by atoms with Crippen LogP contribution in [-0.4, -0.2) is 13.7 Å². The Bertz CT molecular complexity index is 441. The lowest BCUT2D eigenvalue weighted by Crippen LogP contribution is -2.35. The molecule has 20 heavy (non-hydrogen) atoms. The highest BCUT2D eigenvalue weighted by atomic mass is 35.5. The van der Waals surface area contributed by atoms with Gasteiger partial charge in [0.05, 0.1) is 12.1 Å². The molecule has 0 amide bonds. The van der Waals surface area contributed by atoms with Gasteiger partial charge >= 0.3 is 0 Å². The number of ether oxygens (including phenoxy) is 1. The van der Waals surface area contributed by atoms with Crippen molar-refractivity contribution in [3.8, 4) is 5.75 Å². The van der Waals surface area contributed by atoms with E-state index in [1.165, 1.54) is 31.2 Å². The van der Waals surface area contributed by atoms with Crippen LogP contribution in [0.1, 0.15) is 57.6 Å².